The van der Waals surface area contributed by atoms with Crippen LogP contribution in [0.1, 0.15) is 57.8 Å². The van der Waals surface area contributed by atoms with Gasteiger partial charge in [0.1, 0.15) is 0 Å². The van der Waals surface area contributed by atoms with Gasteiger partial charge in [-0.05, 0) is 52.7 Å². The van der Waals surface area contributed by atoms with Crippen LogP contribution in [0.15, 0.2) is 0 Å². The number of hydrogen-bond acceptors (Lipinski definition) is 4. The molecule has 0 bridgehead atoms. The van der Waals surface area contributed by atoms with Crippen molar-refractivity contribution in [2.75, 3.05) is 40.3 Å². The molecule has 23 heavy (non-hydrogen) atoms. The van der Waals surface area contributed by atoms with Gasteiger partial charge in [-0.1, -0.05) is 19.3 Å². The molecule has 0 radical (unpaired) electrons. The number of nitrogens with zero attached hydrogens (tertiary/aromatic N) is 2. The van der Waals surface area contributed by atoms with Crippen LogP contribution in [0.4, 0.5) is 0 Å². The topological polar surface area (TPSA) is 53.0 Å². The van der Waals surface area contributed by atoms with Crippen LogP contribution in [0.25, 0.3) is 0 Å². The van der Waals surface area contributed by atoms with Crippen LogP contribution in [0.5, 0.6) is 0 Å². The molecule has 0 aromatic carbocycles. The normalized spacial score (nSPS) is 22.5. The molecule has 1 N–H and O–H groups in total. The molecule has 0 unspecified atom stereocenters. The number of amides is 1. The van der Waals surface area contributed by atoms with Crippen LogP contribution < -0.4 is 0 Å². The third-order valence-electron chi connectivity index (χ3n) is 5.16. The Bertz CT molecular complexity index is 359. The van der Waals surface area contributed by atoms with E-state index in [4.69, 9.17) is 4.74 Å². The van der Waals surface area contributed by atoms with Crippen LogP contribution in [0.2, 0.25) is 0 Å². The van der Waals surface area contributed by atoms with E-state index in [0.29, 0.717) is 12.5 Å². The predicted molar refractivity (Wildman–Crippen MR) is 91.4 cm³/mol. The molecule has 1 saturated carbocycles. The average Bonchev–Trinajstić information content (AvgIpc) is 2.52. The van der Waals surface area contributed by atoms with Crippen LogP contribution in [0, 0.1) is 0 Å². The lowest BCUT2D eigenvalue weighted by atomic mass is 9.82. The van der Waals surface area contributed by atoms with E-state index in [1.807, 2.05) is 4.90 Å². The zero-order valence-corrected chi connectivity index (χ0v) is 14.9. The molecular formula is C18H34N2O3. The Morgan fingerprint density at radius 1 is 1.22 bits per heavy atom. The number of piperidine rings is 1. The smallest absolute Gasteiger partial charge is 0.225 e. The highest BCUT2D eigenvalue weighted by Gasteiger charge is 2.34. The third kappa shape index (κ3) is 6.40. The summed E-state index contributed by atoms with van der Waals surface area (Å²) < 4.78 is 5.92. The summed E-state index contributed by atoms with van der Waals surface area (Å²) in [5.74, 6) is 0.125. The maximum absolute atomic E-state index is 12.4. The minimum absolute atomic E-state index is 0.125. The zero-order valence-electron chi connectivity index (χ0n) is 14.9. The van der Waals surface area contributed by atoms with Gasteiger partial charge >= 0.3 is 0 Å². The van der Waals surface area contributed by atoms with Gasteiger partial charge in [-0.15, -0.1) is 0 Å². The standard InChI is InChI=1S/C18H34N2O3/c1-19(2)11-6-14-23-16-7-12-20(13-8-16)17(21)15-18(22)9-4-3-5-10-18/h16,22H,3-15H2,1-2H3. The number of hydrogen-bond donors (Lipinski definition) is 1. The van der Waals surface area contributed by atoms with Crippen molar-refractivity contribution >= 4 is 5.91 Å². The van der Waals surface area contributed by atoms with Crippen molar-refractivity contribution < 1.29 is 14.6 Å². The van der Waals surface area contributed by atoms with Gasteiger partial charge in [0.25, 0.3) is 0 Å². The fourth-order valence-electron chi connectivity index (χ4n) is 3.68. The summed E-state index contributed by atoms with van der Waals surface area (Å²) in [5.41, 5.74) is -0.741. The molecule has 0 aromatic rings. The molecule has 0 atom stereocenters. The molecule has 0 spiro atoms. The largest absolute Gasteiger partial charge is 0.389 e. The van der Waals surface area contributed by atoms with Gasteiger partial charge in [-0.3, -0.25) is 4.79 Å². The summed E-state index contributed by atoms with van der Waals surface area (Å²) in [5, 5.41) is 10.5. The Kier molecular flexibility index (Phi) is 7.31. The van der Waals surface area contributed by atoms with Crippen molar-refractivity contribution in [3.63, 3.8) is 0 Å². The summed E-state index contributed by atoms with van der Waals surface area (Å²) >= 11 is 0. The minimum Gasteiger partial charge on any atom is -0.389 e. The molecule has 2 fully saturated rings. The van der Waals surface area contributed by atoms with Crippen molar-refractivity contribution in [3.8, 4) is 0 Å². The first-order valence-electron chi connectivity index (χ1n) is 9.25. The summed E-state index contributed by atoms with van der Waals surface area (Å²) in [6.07, 6.45) is 8.35. The first kappa shape index (κ1) is 18.7. The van der Waals surface area contributed by atoms with E-state index < -0.39 is 5.60 Å². The monoisotopic (exact) mass is 326 g/mol. The molecule has 134 valence electrons. The first-order chi connectivity index (χ1) is 11.0. The Hall–Kier alpha value is -0.650. The van der Waals surface area contributed by atoms with Crippen LogP contribution in [-0.2, 0) is 9.53 Å². The van der Waals surface area contributed by atoms with Crippen molar-refractivity contribution in [1.29, 1.82) is 0 Å². The number of ether oxygens (including phenoxy) is 1. The number of carbonyl (C=O) groups excluding carboxylic acids is 1. The molecule has 1 saturated heterocycles. The summed E-state index contributed by atoms with van der Waals surface area (Å²) in [6.45, 7) is 3.40. The molecule has 1 aliphatic carbocycles. The summed E-state index contributed by atoms with van der Waals surface area (Å²) in [7, 11) is 4.15. The molecular weight excluding hydrogens is 292 g/mol. The SMILES string of the molecule is CN(C)CCCOC1CCN(C(=O)CC2(O)CCCCC2)CC1. The molecule has 5 nitrogen and oxygen atoms in total. The highest BCUT2D eigenvalue weighted by Crippen LogP contribution is 2.31. The van der Waals surface area contributed by atoms with Crippen molar-refractivity contribution in [1.82, 2.24) is 9.80 Å². The van der Waals surface area contributed by atoms with Crippen LogP contribution in [0.3, 0.4) is 0 Å². The van der Waals surface area contributed by atoms with Gasteiger partial charge < -0.3 is 19.6 Å². The molecule has 1 heterocycles. The molecule has 5 heteroatoms. The maximum Gasteiger partial charge on any atom is 0.225 e. The predicted octanol–water partition coefficient (Wildman–Crippen LogP) is 2.03. The van der Waals surface area contributed by atoms with Gasteiger partial charge in [0.05, 0.1) is 18.1 Å². The number of rotatable bonds is 7. The molecule has 2 aliphatic rings. The van der Waals surface area contributed by atoms with Gasteiger partial charge in [-0.2, -0.15) is 0 Å². The Balaban J connectivity index is 1.64. The number of likely N-dealkylation sites (tertiary alicyclic amines) is 1. The molecule has 1 amide bonds. The van der Waals surface area contributed by atoms with E-state index in [0.717, 1.165) is 71.2 Å². The minimum atomic E-state index is -0.741. The van der Waals surface area contributed by atoms with E-state index in [1.54, 1.807) is 0 Å². The van der Waals surface area contributed by atoms with E-state index in [-0.39, 0.29) is 5.91 Å². The van der Waals surface area contributed by atoms with Crippen molar-refractivity contribution in [2.24, 2.45) is 0 Å². The zero-order chi connectivity index (χ0) is 16.7. The quantitative estimate of drug-likeness (QED) is 0.727. The third-order valence-corrected chi connectivity index (χ3v) is 5.16. The molecule has 0 aromatic heterocycles. The highest BCUT2D eigenvalue weighted by molar-refractivity contribution is 5.77. The number of aliphatic hydroxyl groups is 1. The fraction of sp³-hybridized carbons (Fsp3) is 0.944. The lowest BCUT2D eigenvalue weighted by Gasteiger charge is -2.36. The summed E-state index contributed by atoms with van der Waals surface area (Å²) in [4.78, 5) is 16.5. The summed E-state index contributed by atoms with van der Waals surface area (Å²) in [6, 6.07) is 0. The van der Waals surface area contributed by atoms with E-state index >= 15 is 0 Å². The van der Waals surface area contributed by atoms with E-state index in [1.165, 1.54) is 6.42 Å². The second kappa shape index (κ2) is 9.00. The van der Waals surface area contributed by atoms with Crippen LogP contribution >= 0.6 is 0 Å². The lowest BCUT2D eigenvalue weighted by Crippen LogP contribution is -2.45. The highest BCUT2D eigenvalue weighted by atomic mass is 16.5. The number of carbonyl (C=O) groups is 1. The Morgan fingerprint density at radius 2 is 1.87 bits per heavy atom. The van der Waals surface area contributed by atoms with Crippen LogP contribution in [-0.4, -0.2) is 72.9 Å². The van der Waals surface area contributed by atoms with Gasteiger partial charge in [0, 0.05) is 19.7 Å². The lowest BCUT2D eigenvalue weighted by molar-refractivity contribution is -0.140. The average molecular weight is 326 g/mol. The molecule has 1 aliphatic heterocycles. The van der Waals surface area contributed by atoms with Crippen molar-refractivity contribution in [2.45, 2.75) is 69.5 Å². The Labute approximate surface area is 141 Å². The second-order valence-corrected chi connectivity index (χ2v) is 7.57. The van der Waals surface area contributed by atoms with Crippen molar-refractivity contribution in [3.05, 3.63) is 0 Å². The Morgan fingerprint density at radius 3 is 2.48 bits per heavy atom. The second-order valence-electron chi connectivity index (χ2n) is 7.57. The van der Waals surface area contributed by atoms with E-state index in [2.05, 4.69) is 19.0 Å². The van der Waals surface area contributed by atoms with Gasteiger partial charge in [0.2, 0.25) is 5.91 Å². The van der Waals surface area contributed by atoms with Gasteiger partial charge in [-0.25, -0.2) is 0 Å². The van der Waals surface area contributed by atoms with E-state index in [9.17, 15) is 9.90 Å². The first-order valence-corrected chi connectivity index (χ1v) is 9.25. The maximum atomic E-state index is 12.4. The molecule has 2 rings (SSSR count). The fourth-order valence-corrected chi connectivity index (χ4v) is 3.68. The van der Waals surface area contributed by atoms with Gasteiger partial charge in [0.15, 0.2) is 0 Å².